The van der Waals surface area contributed by atoms with Crippen molar-refractivity contribution in [2.24, 2.45) is 0 Å². The number of hydrogen-bond acceptors (Lipinski definition) is 3. The highest BCUT2D eigenvalue weighted by atomic mass is 16.1. The molecule has 66 valence electrons. The van der Waals surface area contributed by atoms with Crippen LogP contribution in [0, 0.1) is 6.92 Å². The van der Waals surface area contributed by atoms with E-state index in [1.54, 1.807) is 4.68 Å². The van der Waals surface area contributed by atoms with Gasteiger partial charge in [-0.25, -0.2) is 4.68 Å². The lowest BCUT2D eigenvalue weighted by molar-refractivity contribution is 0.111. The van der Waals surface area contributed by atoms with Gasteiger partial charge in [0.1, 0.15) is 5.69 Å². The van der Waals surface area contributed by atoms with Crippen LogP contribution in [0.4, 0.5) is 0 Å². The first-order chi connectivity index (χ1) is 5.46. The molecule has 12 heavy (non-hydrogen) atoms. The minimum atomic E-state index is -0.113. The van der Waals surface area contributed by atoms with Crippen molar-refractivity contribution in [1.29, 1.82) is 0 Å². The Labute approximate surface area is 71.6 Å². The fourth-order valence-electron chi connectivity index (χ4n) is 1.09. The summed E-state index contributed by atoms with van der Waals surface area (Å²) < 4.78 is 1.75. The second-order valence-electron chi connectivity index (χ2n) is 3.76. The lowest BCUT2D eigenvalue weighted by Crippen LogP contribution is -2.24. The van der Waals surface area contributed by atoms with Gasteiger partial charge in [0.15, 0.2) is 6.29 Å². The standard InChI is InChI=1S/C8H13N3O/c1-6-7(5-12)9-10-11(6)8(2,3)4/h5H,1-4H3. The first-order valence-electron chi connectivity index (χ1n) is 3.85. The van der Waals surface area contributed by atoms with Crippen molar-refractivity contribution in [3.05, 3.63) is 11.4 Å². The molecule has 1 heterocycles. The number of aldehydes is 1. The third-order valence-corrected chi connectivity index (χ3v) is 1.68. The Morgan fingerprint density at radius 2 is 2.00 bits per heavy atom. The summed E-state index contributed by atoms with van der Waals surface area (Å²) in [4.78, 5) is 10.5. The summed E-state index contributed by atoms with van der Waals surface area (Å²) in [5.74, 6) is 0. The van der Waals surface area contributed by atoms with Crippen LogP contribution in [0.1, 0.15) is 37.0 Å². The molecule has 4 heteroatoms. The third kappa shape index (κ3) is 1.37. The van der Waals surface area contributed by atoms with Gasteiger partial charge in [-0.15, -0.1) is 5.10 Å². The van der Waals surface area contributed by atoms with E-state index in [0.717, 1.165) is 12.0 Å². The maximum Gasteiger partial charge on any atom is 0.172 e. The van der Waals surface area contributed by atoms with E-state index in [0.29, 0.717) is 5.69 Å². The molecule has 0 amide bonds. The summed E-state index contributed by atoms with van der Waals surface area (Å²) in [5, 5.41) is 7.64. The molecule has 0 bridgehead atoms. The average Bonchev–Trinajstić information content (AvgIpc) is 2.29. The molecule has 0 aliphatic heterocycles. The molecule has 0 aliphatic carbocycles. The molecule has 0 fully saturated rings. The van der Waals surface area contributed by atoms with Crippen LogP contribution in [0.3, 0.4) is 0 Å². The first kappa shape index (κ1) is 8.90. The van der Waals surface area contributed by atoms with Gasteiger partial charge in [-0.1, -0.05) is 5.21 Å². The maximum absolute atomic E-state index is 10.5. The van der Waals surface area contributed by atoms with Crippen molar-refractivity contribution >= 4 is 6.29 Å². The maximum atomic E-state index is 10.5. The number of rotatable bonds is 1. The summed E-state index contributed by atoms with van der Waals surface area (Å²) in [6.07, 6.45) is 0.727. The van der Waals surface area contributed by atoms with E-state index in [-0.39, 0.29) is 5.54 Å². The smallest absolute Gasteiger partial charge is 0.172 e. The van der Waals surface area contributed by atoms with E-state index in [9.17, 15) is 4.79 Å². The van der Waals surface area contributed by atoms with Crippen molar-refractivity contribution in [1.82, 2.24) is 15.0 Å². The highest BCUT2D eigenvalue weighted by Gasteiger charge is 2.18. The van der Waals surface area contributed by atoms with Crippen molar-refractivity contribution in [3.8, 4) is 0 Å². The van der Waals surface area contributed by atoms with Crippen molar-refractivity contribution < 1.29 is 4.79 Å². The molecule has 4 nitrogen and oxygen atoms in total. The van der Waals surface area contributed by atoms with Crippen LogP contribution in [0.2, 0.25) is 0 Å². The van der Waals surface area contributed by atoms with E-state index in [1.807, 2.05) is 27.7 Å². The number of hydrogen-bond donors (Lipinski definition) is 0. The molecule has 0 saturated heterocycles. The average molecular weight is 167 g/mol. The molecule has 1 aromatic heterocycles. The molecular formula is C8H13N3O. The molecule has 0 aliphatic rings. The quantitative estimate of drug-likeness (QED) is 0.589. The number of carbonyl (C=O) groups is 1. The van der Waals surface area contributed by atoms with Crippen LogP contribution in [0.15, 0.2) is 0 Å². The Kier molecular flexibility index (Phi) is 2.00. The largest absolute Gasteiger partial charge is 0.296 e. The number of aromatic nitrogens is 3. The Bertz CT molecular complexity index is 296. The van der Waals surface area contributed by atoms with Gasteiger partial charge in [0, 0.05) is 0 Å². The van der Waals surface area contributed by atoms with Crippen LogP contribution in [-0.2, 0) is 5.54 Å². The van der Waals surface area contributed by atoms with Crippen molar-refractivity contribution in [2.45, 2.75) is 33.2 Å². The van der Waals surface area contributed by atoms with Gasteiger partial charge in [0.25, 0.3) is 0 Å². The number of nitrogens with zero attached hydrogens (tertiary/aromatic N) is 3. The van der Waals surface area contributed by atoms with Crippen molar-refractivity contribution in [2.75, 3.05) is 0 Å². The normalized spacial score (nSPS) is 11.7. The van der Waals surface area contributed by atoms with Gasteiger partial charge in [-0.05, 0) is 27.7 Å². The van der Waals surface area contributed by atoms with Gasteiger partial charge < -0.3 is 0 Å². The molecule has 0 spiro atoms. The number of carbonyl (C=O) groups excluding carboxylic acids is 1. The Hall–Kier alpha value is -1.19. The molecule has 1 aromatic rings. The minimum Gasteiger partial charge on any atom is -0.296 e. The van der Waals surface area contributed by atoms with Crippen LogP contribution in [0.25, 0.3) is 0 Å². The summed E-state index contributed by atoms with van der Waals surface area (Å²) in [5.41, 5.74) is 1.13. The van der Waals surface area contributed by atoms with Gasteiger partial charge >= 0.3 is 0 Å². The third-order valence-electron chi connectivity index (χ3n) is 1.68. The lowest BCUT2D eigenvalue weighted by atomic mass is 10.1. The van der Waals surface area contributed by atoms with E-state index in [1.165, 1.54) is 0 Å². The molecule has 0 unspecified atom stereocenters. The van der Waals surface area contributed by atoms with E-state index >= 15 is 0 Å². The van der Waals surface area contributed by atoms with Gasteiger partial charge in [-0.2, -0.15) is 0 Å². The zero-order valence-corrected chi connectivity index (χ0v) is 7.83. The predicted octanol–water partition coefficient (Wildman–Crippen LogP) is 1.15. The van der Waals surface area contributed by atoms with Crippen LogP contribution >= 0.6 is 0 Å². The molecule has 0 aromatic carbocycles. The topological polar surface area (TPSA) is 47.8 Å². The lowest BCUT2D eigenvalue weighted by Gasteiger charge is -2.19. The van der Waals surface area contributed by atoms with Gasteiger partial charge in [-0.3, -0.25) is 4.79 Å². The van der Waals surface area contributed by atoms with Gasteiger partial charge in [0.05, 0.1) is 11.2 Å². The summed E-state index contributed by atoms with van der Waals surface area (Å²) >= 11 is 0. The highest BCUT2D eigenvalue weighted by Crippen LogP contribution is 2.15. The van der Waals surface area contributed by atoms with E-state index < -0.39 is 0 Å². The Morgan fingerprint density at radius 3 is 2.25 bits per heavy atom. The molecule has 1 rings (SSSR count). The second kappa shape index (κ2) is 2.69. The fraction of sp³-hybridized carbons (Fsp3) is 0.625. The summed E-state index contributed by atoms with van der Waals surface area (Å²) in [6.45, 7) is 7.89. The first-order valence-corrected chi connectivity index (χ1v) is 3.85. The van der Waals surface area contributed by atoms with Crippen LogP contribution in [-0.4, -0.2) is 21.3 Å². The zero-order chi connectivity index (χ0) is 9.35. The van der Waals surface area contributed by atoms with Gasteiger partial charge in [0.2, 0.25) is 0 Å². The van der Waals surface area contributed by atoms with Crippen LogP contribution < -0.4 is 0 Å². The molecule has 0 saturated carbocycles. The van der Waals surface area contributed by atoms with E-state index in [4.69, 9.17) is 0 Å². The van der Waals surface area contributed by atoms with Crippen molar-refractivity contribution in [3.63, 3.8) is 0 Å². The second-order valence-corrected chi connectivity index (χ2v) is 3.76. The molecule has 0 N–H and O–H groups in total. The monoisotopic (exact) mass is 167 g/mol. The zero-order valence-electron chi connectivity index (χ0n) is 7.83. The summed E-state index contributed by atoms with van der Waals surface area (Å²) in [6, 6.07) is 0. The minimum absolute atomic E-state index is 0.113. The van der Waals surface area contributed by atoms with E-state index in [2.05, 4.69) is 10.3 Å². The van der Waals surface area contributed by atoms with Crippen LogP contribution in [0.5, 0.6) is 0 Å². The molecular weight excluding hydrogens is 154 g/mol. The Morgan fingerprint density at radius 1 is 1.42 bits per heavy atom. The molecule has 0 radical (unpaired) electrons. The fourth-order valence-corrected chi connectivity index (χ4v) is 1.09. The predicted molar refractivity (Wildman–Crippen MR) is 45.1 cm³/mol. The highest BCUT2D eigenvalue weighted by molar-refractivity contribution is 5.72. The summed E-state index contributed by atoms with van der Waals surface area (Å²) in [7, 11) is 0. The Balaban J connectivity index is 3.19. The SMILES string of the molecule is Cc1c(C=O)nnn1C(C)(C)C. The molecule has 0 atom stereocenters.